The predicted molar refractivity (Wildman–Crippen MR) is 104 cm³/mol. The average molecular weight is 356 g/mol. The van der Waals surface area contributed by atoms with Crippen molar-refractivity contribution in [3.8, 4) is 0 Å². The van der Waals surface area contributed by atoms with Gasteiger partial charge in [0, 0.05) is 5.75 Å². The minimum Gasteiger partial charge on any atom is -0.233 e. The van der Waals surface area contributed by atoms with Crippen LogP contribution in [0.2, 0.25) is 0 Å². The topological polar surface area (TPSA) is 29.0 Å². The maximum atomic E-state index is 4.77. The predicted octanol–water partition coefficient (Wildman–Crippen LogP) is 5.88. The summed E-state index contributed by atoms with van der Waals surface area (Å²) in [5.41, 5.74) is 2.05. The first-order chi connectivity index (χ1) is 11.3. The third-order valence-electron chi connectivity index (χ3n) is 3.23. The van der Waals surface area contributed by atoms with Crippen LogP contribution < -0.4 is 4.31 Å². The van der Waals surface area contributed by atoms with Gasteiger partial charge in [-0.15, -0.1) is 6.58 Å². The molecule has 2 aromatic carbocycles. The number of thiazole rings is 2. The van der Waals surface area contributed by atoms with Crippen molar-refractivity contribution in [2.75, 3.05) is 10.1 Å². The first kappa shape index (κ1) is 14.7. The van der Waals surface area contributed by atoms with E-state index < -0.39 is 0 Å². The van der Waals surface area contributed by atoms with Crippen LogP contribution in [-0.2, 0) is 0 Å². The zero-order valence-corrected chi connectivity index (χ0v) is 14.6. The first-order valence-corrected chi connectivity index (χ1v) is 9.68. The summed E-state index contributed by atoms with van der Waals surface area (Å²) < 4.78 is 4.50. The average Bonchev–Trinajstić information content (AvgIpc) is 3.19. The van der Waals surface area contributed by atoms with E-state index in [1.165, 1.54) is 9.40 Å². The van der Waals surface area contributed by atoms with E-state index >= 15 is 0 Å². The van der Waals surface area contributed by atoms with Crippen molar-refractivity contribution in [1.82, 2.24) is 9.97 Å². The van der Waals surface area contributed by atoms with Gasteiger partial charge in [0.05, 0.1) is 20.4 Å². The second kappa shape index (κ2) is 6.31. The van der Waals surface area contributed by atoms with E-state index in [1.807, 2.05) is 42.5 Å². The second-order valence-electron chi connectivity index (χ2n) is 4.81. The third-order valence-corrected chi connectivity index (χ3v) is 6.50. The SMILES string of the molecule is C=CCSN(c1nc2ccccc2s1)c1nc2ccccc2s1. The molecule has 0 aliphatic rings. The summed E-state index contributed by atoms with van der Waals surface area (Å²) in [6, 6.07) is 16.4. The summed E-state index contributed by atoms with van der Waals surface area (Å²) in [4.78, 5) is 9.54. The van der Waals surface area contributed by atoms with Gasteiger partial charge in [0.2, 0.25) is 10.3 Å². The highest BCUT2D eigenvalue weighted by Crippen LogP contribution is 2.41. The van der Waals surface area contributed by atoms with Crippen LogP contribution >= 0.6 is 34.6 Å². The van der Waals surface area contributed by atoms with Crippen LogP contribution in [0, 0.1) is 0 Å². The van der Waals surface area contributed by atoms with Crippen molar-refractivity contribution >= 4 is 65.3 Å². The molecule has 0 atom stereocenters. The summed E-state index contributed by atoms with van der Waals surface area (Å²) in [6.07, 6.45) is 1.90. The molecule has 0 unspecified atom stereocenters. The van der Waals surface area contributed by atoms with Crippen LogP contribution in [0.5, 0.6) is 0 Å². The lowest BCUT2D eigenvalue weighted by Crippen LogP contribution is -2.06. The van der Waals surface area contributed by atoms with E-state index in [0.29, 0.717) is 0 Å². The number of nitrogens with zero attached hydrogens (tertiary/aromatic N) is 3. The molecule has 6 heteroatoms. The minimum absolute atomic E-state index is 0.811. The number of anilines is 2. The van der Waals surface area contributed by atoms with Gasteiger partial charge in [-0.25, -0.2) is 14.3 Å². The Kier molecular flexibility index (Phi) is 4.03. The van der Waals surface area contributed by atoms with Crippen molar-refractivity contribution in [2.45, 2.75) is 0 Å². The number of hydrogen-bond donors (Lipinski definition) is 0. The summed E-state index contributed by atoms with van der Waals surface area (Å²) >= 11 is 5.04. The molecule has 4 aromatic rings. The Morgan fingerprint density at radius 1 is 0.913 bits per heavy atom. The Morgan fingerprint density at radius 2 is 1.43 bits per heavy atom. The molecule has 0 amide bonds. The standard InChI is InChI=1S/C17H13N3S3/c1-2-11-21-20(16-18-12-7-3-5-9-14(12)22-16)17-19-13-8-4-6-10-15(13)23-17/h2-10H,1,11H2. The number of fused-ring (bicyclic) bond motifs is 2. The van der Waals surface area contributed by atoms with E-state index in [4.69, 9.17) is 9.97 Å². The largest absolute Gasteiger partial charge is 0.233 e. The van der Waals surface area contributed by atoms with E-state index in [-0.39, 0.29) is 0 Å². The quantitative estimate of drug-likeness (QED) is 0.330. The molecule has 0 bridgehead atoms. The molecule has 4 rings (SSSR count). The summed E-state index contributed by atoms with van der Waals surface area (Å²) in [7, 11) is 0. The molecule has 2 heterocycles. The summed E-state index contributed by atoms with van der Waals surface area (Å²) in [6.45, 7) is 3.82. The van der Waals surface area contributed by atoms with Gasteiger partial charge in [-0.05, 0) is 36.2 Å². The van der Waals surface area contributed by atoms with Crippen LogP contribution in [0.3, 0.4) is 0 Å². The number of para-hydroxylation sites is 2. The highest BCUT2D eigenvalue weighted by atomic mass is 32.2. The second-order valence-corrected chi connectivity index (χ2v) is 7.78. The summed E-state index contributed by atoms with van der Waals surface area (Å²) in [5.74, 6) is 0.811. The van der Waals surface area contributed by atoms with Crippen LogP contribution in [0.25, 0.3) is 20.4 Å². The van der Waals surface area contributed by atoms with Crippen molar-refractivity contribution in [3.05, 3.63) is 61.2 Å². The van der Waals surface area contributed by atoms with Crippen molar-refractivity contribution in [3.63, 3.8) is 0 Å². The fraction of sp³-hybridized carbons (Fsp3) is 0.0588. The summed E-state index contributed by atoms with van der Waals surface area (Å²) in [5, 5.41) is 1.91. The van der Waals surface area contributed by atoms with E-state index in [0.717, 1.165) is 27.0 Å². The zero-order valence-electron chi connectivity index (χ0n) is 12.2. The van der Waals surface area contributed by atoms with Gasteiger partial charge in [-0.2, -0.15) is 0 Å². The molecule has 2 aromatic heterocycles. The molecular formula is C17H13N3S3. The van der Waals surface area contributed by atoms with Gasteiger partial charge in [0.15, 0.2) is 0 Å². The zero-order chi connectivity index (χ0) is 15.6. The Morgan fingerprint density at radius 3 is 1.91 bits per heavy atom. The number of hydrogen-bond acceptors (Lipinski definition) is 6. The highest BCUT2D eigenvalue weighted by Gasteiger charge is 2.18. The van der Waals surface area contributed by atoms with Crippen molar-refractivity contribution < 1.29 is 0 Å². The van der Waals surface area contributed by atoms with Gasteiger partial charge in [0.1, 0.15) is 0 Å². The molecule has 0 fully saturated rings. The van der Waals surface area contributed by atoms with E-state index in [1.54, 1.807) is 34.6 Å². The first-order valence-electron chi connectivity index (χ1n) is 7.10. The lowest BCUT2D eigenvalue weighted by atomic mass is 10.3. The molecule has 0 N–H and O–H groups in total. The molecule has 114 valence electrons. The number of benzene rings is 2. The molecule has 0 saturated carbocycles. The van der Waals surface area contributed by atoms with Crippen LogP contribution in [0.15, 0.2) is 61.2 Å². The Labute approximate surface area is 146 Å². The lowest BCUT2D eigenvalue weighted by Gasteiger charge is -2.15. The van der Waals surface area contributed by atoms with Crippen molar-refractivity contribution in [1.29, 1.82) is 0 Å². The van der Waals surface area contributed by atoms with Gasteiger partial charge in [-0.1, -0.05) is 53.0 Å². The minimum atomic E-state index is 0.811. The third kappa shape index (κ3) is 2.85. The lowest BCUT2D eigenvalue weighted by molar-refractivity contribution is 1.32. The number of rotatable bonds is 5. The molecule has 23 heavy (non-hydrogen) atoms. The smallest absolute Gasteiger partial charge is 0.203 e. The van der Waals surface area contributed by atoms with Gasteiger partial charge in [-0.3, -0.25) is 0 Å². The van der Waals surface area contributed by atoms with Crippen LogP contribution in [0.4, 0.5) is 10.3 Å². The molecule has 0 saturated heterocycles. The fourth-order valence-corrected chi connectivity index (χ4v) is 5.12. The van der Waals surface area contributed by atoms with Crippen molar-refractivity contribution in [2.24, 2.45) is 0 Å². The highest BCUT2D eigenvalue weighted by molar-refractivity contribution is 8.01. The van der Waals surface area contributed by atoms with Crippen LogP contribution in [0.1, 0.15) is 0 Å². The maximum absolute atomic E-state index is 4.77. The van der Waals surface area contributed by atoms with Gasteiger partial charge in [0.25, 0.3) is 0 Å². The Bertz CT molecular complexity index is 833. The van der Waals surface area contributed by atoms with E-state index in [2.05, 4.69) is 23.0 Å². The van der Waals surface area contributed by atoms with Gasteiger partial charge >= 0.3 is 0 Å². The molecule has 0 radical (unpaired) electrons. The molecule has 0 aliphatic carbocycles. The van der Waals surface area contributed by atoms with Crippen LogP contribution in [-0.4, -0.2) is 15.7 Å². The maximum Gasteiger partial charge on any atom is 0.203 e. The molecule has 0 spiro atoms. The molecule has 3 nitrogen and oxygen atoms in total. The Balaban J connectivity index is 1.80. The monoisotopic (exact) mass is 355 g/mol. The number of aromatic nitrogens is 2. The fourth-order valence-electron chi connectivity index (χ4n) is 2.21. The normalized spacial score (nSPS) is 11.1. The Hall–Kier alpha value is -1.89. The molecular weight excluding hydrogens is 342 g/mol. The van der Waals surface area contributed by atoms with Gasteiger partial charge < -0.3 is 0 Å². The van der Waals surface area contributed by atoms with E-state index in [9.17, 15) is 0 Å². The molecule has 0 aliphatic heterocycles.